The highest BCUT2D eigenvalue weighted by Gasteiger charge is 2.88. The van der Waals surface area contributed by atoms with E-state index in [1.807, 2.05) is 12.1 Å². The van der Waals surface area contributed by atoms with Gasteiger partial charge >= 0.3 is 11.9 Å². The Kier molecular flexibility index (Phi) is 4.52. The molecule has 0 radical (unpaired) electrons. The molecule has 0 amide bonds. The Morgan fingerprint density at radius 1 is 1.14 bits per heavy atom. The van der Waals surface area contributed by atoms with Crippen LogP contribution in [0.5, 0.6) is 0 Å². The molecule has 2 saturated carbocycles. The molecule has 7 nitrogen and oxygen atoms in total. The maximum absolute atomic E-state index is 13.3. The Balaban J connectivity index is 1.55. The van der Waals surface area contributed by atoms with Crippen LogP contribution in [0.2, 0.25) is 0 Å². The van der Waals surface area contributed by atoms with Crippen molar-refractivity contribution in [2.45, 2.75) is 90.8 Å². The number of hydrogen-bond donors (Lipinski definition) is 1. The van der Waals surface area contributed by atoms with Crippen LogP contribution in [0, 0.1) is 33.5 Å². The topological polar surface area (TPSA) is 98.5 Å². The van der Waals surface area contributed by atoms with Crippen molar-refractivity contribution >= 4 is 11.9 Å². The lowest BCUT2D eigenvalue weighted by molar-refractivity contribution is -0.257. The highest BCUT2D eigenvalue weighted by molar-refractivity contribution is 5.82. The summed E-state index contributed by atoms with van der Waals surface area (Å²) < 4.78 is 24.0. The quantitative estimate of drug-likeness (QED) is 0.378. The Bertz CT molecular complexity index is 1110. The van der Waals surface area contributed by atoms with Crippen LogP contribution in [0.25, 0.3) is 0 Å². The molecule has 1 aromatic rings. The van der Waals surface area contributed by atoms with Crippen molar-refractivity contribution < 1.29 is 33.3 Å². The summed E-state index contributed by atoms with van der Waals surface area (Å²) in [5, 5.41) is 10.9. The number of carbonyl (C=O) groups is 2. The molecule has 0 bridgehead atoms. The van der Waals surface area contributed by atoms with Crippen LogP contribution in [0.15, 0.2) is 35.2 Å². The van der Waals surface area contributed by atoms with E-state index in [9.17, 15) is 14.7 Å². The normalized spacial score (nSPS) is 51.2. The van der Waals surface area contributed by atoms with Gasteiger partial charge in [0.1, 0.15) is 17.8 Å². The molecule has 3 heterocycles. The van der Waals surface area contributed by atoms with E-state index in [0.29, 0.717) is 6.42 Å². The molecule has 1 aromatic heterocycles. The number of epoxide rings is 1. The lowest BCUT2D eigenvalue weighted by Crippen LogP contribution is -2.72. The second-order valence-corrected chi connectivity index (χ2v) is 12.8. The fourth-order valence-electron chi connectivity index (χ4n) is 9.34. The molecule has 5 aliphatic rings. The molecule has 3 aliphatic carbocycles. The first-order valence-electron chi connectivity index (χ1n) is 12.8. The van der Waals surface area contributed by atoms with Crippen LogP contribution in [0.3, 0.4) is 0 Å². The molecule has 35 heavy (non-hydrogen) atoms. The number of hydrogen-bond acceptors (Lipinski definition) is 7. The molecule has 4 fully saturated rings. The lowest BCUT2D eigenvalue weighted by atomic mass is 9.35. The van der Waals surface area contributed by atoms with Crippen LogP contribution in [-0.4, -0.2) is 41.0 Å². The van der Waals surface area contributed by atoms with Crippen molar-refractivity contribution in [3.63, 3.8) is 0 Å². The second-order valence-electron chi connectivity index (χ2n) is 12.8. The Morgan fingerprint density at radius 2 is 1.89 bits per heavy atom. The van der Waals surface area contributed by atoms with Gasteiger partial charge in [-0.05, 0) is 48.0 Å². The summed E-state index contributed by atoms with van der Waals surface area (Å²) in [6.45, 7) is 12.3. The molecule has 1 N–H and O–H groups in total. The van der Waals surface area contributed by atoms with Crippen molar-refractivity contribution in [3.05, 3.63) is 36.3 Å². The molecule has 0 aromatic carbocycles. The van der Waals surface area contributed by atoms with E-state index in [1.54, 1.807) is 12.5 Å². The summed E-state index contributed by atoms with van der Waals surface area (Å²) in [6, 6.07) is 1.85. The standard InChI is InChI=1S/C28H36O7/c1-15(29)33-20-13-18-24(2,3)19(30)8-10-25(18,4)17-7-11-26(5)21(16-9-12-32-14-16)34-23(31)22-28(26,35-22)27(17,20)6/h8-10,12,14,17-22,30H,7,11,13H2,1-6H3/t17-,18-,19-,20+,21+,22+,25-,26+,27+,28+/m1/s1. The number of cyclic esters (lactones) is 1. The van der Waals surface area contributed by atoms with Crippen LogP contribution in [-0.2, 0) is 23.8 Å². The summed E-state index contributed by atoms with van der Waals surface area (Å²) in [6.07, 6.45) is 7.38. The van der Waals surface area contributed by atoms with Gasteiger partial charge in [-0.15, -0.1) is 0 Å². The molecule has 0 unspecified atom stereocenters. The third-order valence-corrected chi connectivity index (χ3v) is 11.0. The first-order chi connectivity index (χ1) is 16.3. The van der Waals surface area contributed by atoms with Crippen LogP contribution >= 0.6 is 0 Å². The average Bonchev–Trinajstić information content (AvgIpc) is 3.35. The van der Waals surface area contributed by atoms with E-state index in [2.05, 4.69) is 40.7 Å². The SMILES string of the molecule is CC(=O)O[C@H]1C[C@@H]2C(C)(C)[C@H](O)C=C[C@]2(C)[C@H]2CC[C@@]3(C)[C@H](c4ccoc4)OC(=O)[C@@H]4O[C@@]43[C@]12C. The van der Waals surface area contributed by atoms with E-state index in [1.165, 1.54) is 6.92 Å². The van der Waals surface area contributed by atoms with Gasteiger partial charge in [0.15, 0.2) is 6.10 Å². The van der Waals surface area contributed by atoms with Gasteiger partial charge in [0.2, 0.25) is 0 Å². The van der Waals surface area contributed by atoms with E-state index in [0.717, 1.165) is 18.4 Å². The zero-order valence-corrected chi connectivity index (χ0v) is 21.4. The first-order valence-corrected chi connectivity index (χ1v) is 12.8. The van der Waals surface area contributed by atoms with E-state index >= 15 is 0 Å². The summed E-state index contributed by atoms with van der Waals surface area (Å²) in [5.41, 5.74) is -1.81. The van der Waals surface area contributed by atoms with Gasteiger partial charge in [0.25, 0.3) is 0 Å². The maximum Gasteiger partial charge on any atom is 0.339 e. The highest BCUT2D eigenvalue weighted by atomic mass is 16.7. The van der Waals surface area contributed by atoms with E-state index < -0.39 is 46.3 Å². The number of aliphatic hydroxyl groups excluding tert-OH is 1. The summed E-state index contributed by atoms with van der Waals surface area (Å²) in [7, 11) is 0. The third kappa shape index (κ3) is 2.54. The largest absolute Gasteiger partial charge is 0.472 e. The van der Waals surface area contributed by atoms with Crippen molar-refractivity contribution in [2.24, 2.45) is 33.5 Å². The van der Waals surface area contributed by atoms with Gasteiger partial charge in [0.05, 0.1) is 18.6 Å². The van der Waals surface area contributed by atoms with Crippen LogP contribution < -0.4 is 0 Å². The van der Waals surface area contributed by atoms with Gasteiger partial charge < -0.3 is 23.7 Å². The number of ether oxygens (including phenoxy) is 3. The smallest absolute Gasteiger partial charge is 0.339 e. The number of esters is 2. The molecule has 7 heteroatoms. The monoisotopic (exact) mass is 484 g/mol. The van der Waals surface area contributed by atoms with E-state index in [4.69, 9.17) is 18.6 Å². The molecule has 2 aliphatic heterocycles. The Labute approximate surface area is 206 Å². The van der Waals surface area contributed by atoms with Crippen molar-refractivity contribution in [3.8, 4) is 0 Å². The molecule has 2 saturated heterocycles. The fraction of sp³-hybridized carbons (Fsp3) is 0.714. The lowest BCUT2D eigenvalue weighted by Gasteiger charge is -2.69. The van der Waals surface area contributed by atoms with Crippen LogP contribution in [0.4, 0.5) is 0 Å². The van der Waals surface area contributed by atoms with Crippen LogP contribution in [0.1, 0.15) is 72.5 Å². The highest BCUT2D eigenvalue weighted by Crippen LogP contribution is 2.79. The molecule has 10 atom stereocenters. The molecular formula is C28H36O7. The summed E-state index contributed by atoms with van der Waals surface area (Å²) >= 11 is 0. The van der Waals surface area contributed by atoms with E-state index in [-0.39, 0.29) is 29.2 Å². The zero-order valence-electron chi connectivity index (χ0n) is 21.4. The number of rotatable bonds is 2. The summed E-state index contributed by atoms with van der Waals surface area (Å²) in [5.74, 6) is -0.529. The van der Waals surface area contributed by atoms with Crippen molar-refractivity contribution in [2.75, 3.05) is 0 Å². The average molecular weight is 485 g/mol. The van der Waals surface area contributed by atoms with Crippen molar-refractivity contribution in [1.82, 2.24) is 0 Å². The minimum atomic E-state index is -0.831. The summed E-state index contributed by atoms with van der Waals surface area (Å²) in [4.78, 5) is 25.7. The number of aliphatic hydroxyl groups is 1. The minimum Gasteiger partial charge on any atom is -0.472 e. The zero-order chi connectivity index (χ0) is 25.2. The number of allylic oxidation sites excluding steroid dienone is 1. The van der Waals surface area contributed by atoms with Gasteiger partial charge in [-0.2, -0.15) is 0 Å². The maximum atomic E-state index is 13.3. The predicted octanol–water partition coefficient (Wildman–Crippen LogP) is 4.35. The number of furan rings is 1. The third-order valence-electron chi connectivity index (χ3n) is 11.0. The molecule has 190 valence electrons. The van der Waals surface area contributed by atoms with Gasteiger partial charge in [-0.25, -0.2) is 4.79 Å². The molecule has 1 spiro atoms. The van der Waals surface area contributed by atoms with Gasteiger partial charge in [-0.1, -0.05) is 46.8 Å². The Hall–Kier alpha value is -2.12. The van der Waals surface area contributed by atoms with Gasteiger partial charge in [0, 0.05) is 23.3 Å². The van der Waals surface area contributed by atoms with Crippen molar-refractivity contribution in [1.29, 1.82) is 0 Å². The second kappa shape index (κ2) is 6.80. The number of fused-ring (bicyclic) bond motifs is 3. The molecular weight excluding hydrogens is 448 g/mol. The predicted molar refractivity (Wildman–Crippen MR) is 125 cm³/mol. The first kappa shape index (κ1) is 23.3. The number of carbonyl (C=O) groups excluding carboxylic acids is 2. The Morgan fingerprint density at radius 3 is 2.54 bits per heavy atom. The molecule has 6 rings (SSSR count). The minimum absolute atomic E-state index is 0.0788. The fourth-order valence-corrected chi connectivity index (χ4v) is 9.34. The van der Waals surface area contributed by atoms with Gasteiger partial charge in [-0.3, -0.25) is 4.79 Å².